The van der Waals surface area contributed by atoms with Crippen LogP contribution in [0.15, 0.2) is 14.9 Å². The normalized spacial score (nSPS) is 17.4. The van der Waals surface area contributed by atoms with Crippen molar-refractivity contribution in [2.24, 2.45) is 18.1 Å². The smallest absolute Gasteiger partial charge is 0.341 e. The van der Waals surface area contributed by atoms with Gasteiger partial charge >= 0.3 is 11.2 Å². The third-order valence-electron chi connectivity index (χ3n) is 4.35. The lowest BCUT2D eigenvalue weighted by Crippen LogP contribution is -2.44. The summed E-state index contributed by atoms with van der Waals surface area (Å²) in [5, 5.41) is 2.55. The van der Waals surface area contributed by atoms with Crippen LogP contribution in [0.4, 0.5) is 5.95 Å². The zero-order valence-electron chi connectivity index (χ0n) is 14.1. The lowest BCUT2D eigenvalue weighted by atomic mass is 10.1. The van der Waals surface area contributed by atoms with Crippen LogP contribution >= 0.6 is 0 Å². The molecule has 0 bridgehead atoms. The van der Waals surface area contributed by atoms with E-state index in [2.05, 4.69) is 22.1 Å². The molecule has 0 radical (unpaired) electrons. The third kappa shape index (κ3) is 2.72. The molecule has 0 aromatic carbocycles. The van der Waals surface area contributed by atoms with E-state index in [1.165, 1.54) is 7.05 Å². The van der Waals surface area contributed by atoms with Crippen LogP contribution in [0, 0.1) is 16.7 Å². The Balaban J connectivity index is 2.33. The second-order valence-corrected chi connectivity index (χ2v) is 5.99. The highest BCUT2D eigenvalue weighted by molar-refractivity contribution is 5.74. The van der Waals surface area contributed by atoms with Gasteiger partial charge in [0.1, 0.15) is 0 Å². The number of nitrogens with two attached hydrogens (primary N) is 1. The van der Waals surface area contributed by atoms with Crippen LogP contribution in [0.1, 0.15) is 19.8 Å². The first-order valence-electron chi connectivity index (χ1n) is 7.95. The summed E-state index contributed by atoms with van der Waals surface area (Å²) in [4.78, 5) is 42.1. The summed E-state index contributed by atoms with van der Waals surface area (Å²) < 4.78 is 3.06. The van der Waals surface area contributed by atoms with Gasteiger partial charge in [0.25, 0.3) is 0 Å². The largest absolute Gasteiger partial charge is 0.356 e. The summed E-state index contributed by atoms with van der Waals surface area (Å²) in [5.41, 5.74) is 4.74. The van der Waals surface area contributed by atoms with Crippen LogP contribution in [0.5, 0.6) is 0 Å². The molecule has 10 nitrogen and oxygen atoms in total. The Kier molecular flexibility index (Phi) is 4.41. The predicted octanol–water partition coefficient (Wildman–Crippen LogP) is -0.623. The molecule has 0 saturated carbocycles. The maximum atomic E-state index is 12.6. The van der Waals surface area contributed by atoms with Gasteiger partial charge in [-0.1, -0.05) is 5.92 Å². The van der Waals surface area contributed by atoms with Crippen molar-refractivity contribution < 1.29 is 0 Å². The maximum Gasteiger partial charge on any atom is 0.356 e. The molecule has 25 heavy (non-hydrogen) atoms. The van der Waals surface area contributed by atoms with Crippen molar-refractivity contribution in [3.8, 4) is 11.8 Å². The number of nitrogens with zero attached hydrogens (tertiary/aromatic N) is 6. The van der Waals surface area contributed by atoms with Gasteiger partial charge in [-0.2, -0.15) is 4.98 Å². The molecule has 1 aliphatic rings. The number of rotatable bonds is 3. The SMILES string of the molecule is CC#CCn1c(N2CCC[C@@H](N)C2)nc2c1c(=O)n(N=O)c(=O)n2C. The fraction of sp³-hybridized carbons (Fsp3) is 0.533. The highest BCUT2D eigenvalue weighted by Gasteiger charge is 2.26. The number of anilines is 1. The molecule has 1 atom stereocenters. The molecule has 0 spiro atoms. The Bertz CT molecular complexity index is 1000. The van der Waals surface area contributed by atoms with E-state index in [4.69, 9.17) is 5.73 Å². The Morgan fingerprint density at radius 3 is 2.80 bits per heavy atom. The minimum absolute atomic E-state index is 0.0105. The van der Waals surface area contributed by atoms with E-state index in [0.717, 1.165) is 24.0 Å². The standard InChI is InChI=1S/C15H19N7O3/c1-3-4-8-21-11-12(19(2)15(24)22(18-25)13(11)23)17-14(21)20-7-5-6-10(16)9-20/h10H,5-9,16H2,1-2H3/t10-/m1/s1. The van der Waals surface area contributed by atoms with Gasteiger partial charge in [0.05, 0.1) is 11.8 Å². The summed E-state index contributed by atoms with van der Waals surface area (Å²) in [5.74, 6) is 6.20. The lowest BCUT2D eigenvalue weighted by Gasteiger charge is -2.31. The van der Waals surface area contributed by atoms with Crippen molar-refractivity contribution in [3.63, 3.8) is 0 Å². The van der Waals surface area contributed by atoms with Crippen molar-refractivity contribution in [1.82, 2.24) is 18.8 Å². The first-order valence-corrected chi connectivity index (χ1v) is 7.95. The number of aromatic nitrogens is 4. The van der Waals surface area contributed by atoms with Gasteiger partial charge < -0.3 is 10.6 Å². The van der Waals surface area contributed by atoms with E-state index >= 15 is 0 Å². The van der Waals surface area contributed by atoms with E-state index < -0.39 is 11.2 Å². The molecule has 3 rings (SSSR count). The number of aryl methyl sites for hydroxylation is 1. The van der Waals surface area contributed by atoms with E-state index in [0.29, 0.717) is 17.2 Å². The first-order chi connectivity index (χ1) is 12.0. The molecule has 1 saturated heterocycles. The van der Waals surface area contributed by atoms with E-state index in [-0.39, 0.29) is 23.8 Å². The number of hydrogen-bond acceptors (Lipinski definition) is 7. The zero-order chi connectivity index (χ0) is 18.1. The van der Waals surface area contributed by atoms with Crippen molar-refractivity contribution >= 4 is 17.1 Å². The van der Waals surface area contributed by atoms with Gasteiger partial charge in [0.15, 0.2) is 11.2 Å². The van der Waals surface area contributed by atoms with E-state index in [1.807, 2.05) is 4.90 Å². The van der Waals surface area contributed by atoms with Crippen LogP contribution in [0.3, 0.4) is 0 Å². The van der Waals surface area contributed by atoms with Crippen LogP contribution in [0.25, 0.3) is 11.2 Å². The monoisotopic (exact) mass is 345 g/mol. The van der Waals surface area contributed by atoms with Gasteiger partial charge in [-0.15, -0.1) is 15.5 Å². The Labute approximate surface area is 142 Å². The second-order valence-electron chi connectivity index (χ2n) is 5.99. The predicted molar refractivity (Wildman–Crippen MR) is 93.3 cm³/mol. The molecular weight excluding hydrogens is 326 g/mol. The van der Waals surface area contributed by atoms with Gasteiger partial charge in [-0.05, 0) is 19.8 Å². The molecule has 2 N–H and O–H groups in total. The van der Waals surface area contributed by atoms with Gasteiger partial charge in [-0.25, -0.2) is 4.79 Å². The molecule has 3 heterocycles. The topological polar surface area (TPSA) is 121 Å². The highest BCUT2D eigenvalue weighted by atomic mass is 16.3. The molecule has 0 aliphatic carbocycles. The molecule has 2 aromatic rings. The molecule has 10 heteroatoms. The number of fused-ring (bicyclic) bond motifs is 1. The van der Waals surface area contributed by atoms with Crippen LogP contribution in [0.2, 0.25) is 0 Å². The van der Waals surface area contributed by atoms with Gasteiger partial charge in [0, 0.05) is 26.2 Å². The van der Waals surface area contributed by atoms with Crippen molar-refractivity contribution in [2.45, 2.75) is 32.4 Å². The Morgan fingerprint density at radius 1 is 1.40 bits per heavy atom. The summed E-state index contributed by atoms with van der Waals surface area (Å²) in [7, 11) is 1.44. The molecular formula is C15H19N7O3. The molecule has 1 aliphatic heterocycles. The summed E-state index contributed by atoms with van der Waals surface area (Å²) in [6, 6.07) is 0.0105. The number of nitroso groups, excluding NO2 is 1. The molecule has 0 unspecified atom stereocenters. The van der Waals surface area contributed by atoms with Crippen molar-refractivity contribution in [3.05, 3.63) is 25.7 Å². The number of piperidine rings is 1. The quantitative estimate of drug-likeness (QED) is 0.584. The second kappa shape index (κ2) is 6.52. The zero-order valence-corrected chi connectivity index (χ0v) is 14.1. The summed E-state index contributed by atoms with van der Waals surface area (Å²) in [6.07, 6.45) is 1.83. The fourth-order valence-corrected chi connectivity index (χ4v) is 3.11. The van der Waals surface area contributed by atoms with Crippen LogP contribution < -0.4 is 21.9 Å². The summed E-state index contributed by atoms with van der Waals surface area (Å²) in [6.45, 7) is 3.23. The lowest BCUT2D eigenvalue weighted by molar-refractivity contribution is 0.496. The van der Waals surface area contributed by atoms with Crippen molar-refractivity contribution in [2.75, 3.05) is 18.0 Å². The number of hydrogen-bond donors (Lipinski definition) is 1. The Hall–Kier alpha value is -2.93. The Morgan fingerprint density at radius 2 is 2.16 bits per heavy atom. The highest BCUT2D eigenvalue weighted by Crippen LogP contribution is 2.22. The average Bonchev–Trinajstić information content (AvgIpc) is 2.98. The average molecular weight is 345 g/mol. The van der Waals surface area contributed by atoms with E-state index in [9.17, 15) is 14.5 Å². The van der Waals surface area contributed by atoms with Crippen LogP contribution in [-0.4, -0.2) is 37.9 Å². The third-order valence-corrected chi connectivity index (χ3v) is 4.35. The minimum atomic E-state index is -0.833. The van der Waals surface area contributed by atoms with Gasteiger partial charge in [0.2, 0.25) is 5.95 Å². The maximum absolute atomic E-state index is 12.6. The summed E-state index contributed by atoms with van der Waals surface area (Å²) >= 11 is 0. The van der Waals surface area contributed by atoms with Crippen LogP contribution in [-0.2, 0) is 13.6 Å². The molecule has 2 aromatic heterocycles. The molecule has 0 amide bonds. The van der Waals surface area contributed by atoms with E-state index in [1.54, 1.807) is 11.5 Å². The molecule has 1 fully saturated rings. The molecule has 132 valence electrons. The fourth-order valence-electron chi connectivity index (χ4n) is 3.11. The minimum Gasteiger partial charge on any atom is -0.341 e. The number of imidazole rings is 1. The van der Waals surface area contributed by atoms with Gasteiger partial charge in [-0.3, -0.25) is 13.9 Å². The first kappa shape index (κ1) is 16.9. The van der Waals surface area contributed by atoms with Crippen molar-refractivity contribution in [1.29, 1.82) is 0 Å².